The third kappa shape index (κ3) is 7.88. The van der Waals surface area contributed by atoms with Gasteiger partial charge in [-0.3, -0.25) is 9.59 Å². The van der Waals surface area contributed by atoms with E-state index in [1.54, 1.807) is 24.3 Å². The predicted octanol–water partition coefficient (Wildman–Crippen LogP) is 5.92. The molecule has 0 aliphatic heterocycles. The second-order valence-corrected chi connectivity index (χ2v) is 8.50. The summed E-state index contributed by atoms with van der Waals surface area (Å²) in [4.78, 5) is 24.0. The molecule has 0 saturated heterocycles. The van der Waals surface area contributed by atoms with Gasteiger partial charge in [-0.25, -0.2) is 0 Å². The van der Waals surface area contributed by atoms with Gasteiger partial charge in [0, 0.05) is 11.1 Å². The zero-order valence-corrected chi connectivity index (χ0v) is 19.2. The lowest BCUT2D eigenvalue weighted by molar-refractivity contribution is 0.0308. The summed E-state index contributed by atoms with van der Waals surface area (Å²) in [5.74, 6) is 0.158. The molecule has 0 heterocycles. The van der Waals surface area contributed by atoms with Crippen molar-refractivity contribution in [1.29, 1.82) is 0 Å². The molecule has 4 nitrogen and oxygen atoms in total. The van der Waals surface area contributed by atoms with E-state index in [2.05, 4.69) is 13.8 Å². The molecule has 0 saturated carbocycles. The maximum absolute atomic E-state index is 12.6. The van der Waals surface area contributed by atoms with E-state index in [-0.39, 0.29) is 11.6 Å². The van der Waals surface area contributed by atoms with Gasteiger partial charge in [0.1, 0.15) is 11.7 Å². The predicted molar refractivity (Wildman–Crippen MR) is 128 cm³/mol. The monoisotopic (exact) mass is 432 g/mol. The number of Topliss-reactive ketones (excluding diaryl/α,β-unsaturated/α-hetero) is 2. The molecule has 3 aromatic rings. The fourth-order valence-corrected chi connectivity index (χ4v) is 2.94. The first kappa shape index (κ1) is 25.2. The zero-order valence-electron chi connectivity index (χ0n) is 19.2. The number of hydrogen-bond donors (Lipinski definition) is 1. The van der Waals surface area contributed by atoms with Gasteiger partial charge in [-0.2, -0.15) is 0 Å². The zero-order chi connectivity index (χ0) is 23.6. The molecule has 1 N–H and O–H groups in total. The smallest absolute Gasteiger partial charge is 0.196 e. The third-order valence-corrected chi connectivity index (χ3v) is 4.59. The molecule has 0 fully saturated rings. The van der Waals surface area contributed by atoms with E-state index in [0.29, 0.717) is 23.7 Å². The van der Waals surface area contributed by atoms with E-state index in [4.69, 9.17) is 4.74 Å². The summed E-state index contributed by atoms with van der Waals surface area (Å²) in [5.41, 5.74) is 0.860. The van der Waals surface area contributed by atoms with Gasteiger partial charge < -0.3 is 9.84 Å². The summed E-state index contributed by atoms with van der Waals surface area (Å²) in [5, 5.41) is 9.39. The van der Waals surface area contributed by atoms with Crippen molar-refractivity contribution in [3.8, 4) is 0 Å². The lowest BCUT2D eigenvalue weighted by Crippen LogP contribution is -2.30. The first-order valence-corrected chi connectivity index (χ1v) is 10.8. The Labute approximate surface area is 190 Å². The fraction of sp³-hybridized carbons (Fsp3) is 0.286. The molecule has 32 heavy (non-hydrogen) atoms. The number of ether oxygens (including phenoxy) is 1. The minimum atomic E-state index is -1.28. The van der Waals surface area contributed by atoms with Crippen LogP contribution in [0.1, 0.15) is 60.1 Å². The maximum atomic E-state index is 12.6. The highest BCUT2D eigenvalue weighted by Gasteiger charge is 2.24. The Morgan fingerprint density at radius 2 is 1.22 bits per heavy atom. The SMILES string of the molecule is CC(C)(O)C(=O)c1ccccc1.CC(C)COC(C(=O)c1ccccc1)c1ccccc1. The summed E-state index contributed by atoms with van der Waals surface area (Å²) in [6.45, 7) is 7.70. The Hall–Kier alpha value is -3.08. The van der Waals surface area contributed by atoms with Crippen LogP contribution >= 0.6 is 0 Å². The molecule has 168 valence electrons. The molecule has 4 heteroatoms. The summed E-state index contributed by atoms with van der Waals surface area (Å²) in [6, 6.07) is 27.8. The summed E-state index contributed by atoms with van der Waals surface area (Å²) in [7, 11) is 0. The number of aliphatic hydroxyl groups is 1. The van der Waals surface area contributed by atoms with Gasteiger partial charge >= 0.3 is 0 Å². The normalized spacial score (nSPS) is 11.9. The lowest BCUT2D eigenvalue weighted by Gasteiger charge is -2.18. The van der Waals surface area contributed by atoms with Gasteiger partial charge in [-0.15, -0.1) is 0 Å². The highest BCUT2D eigenvalue weighted by molar-refractivity contribution is 6.01. The second-order valence-electron chi connectivity index (χ2n) is 8.50. The minimum Gasteiger partial charge on any atom is -0.382 e. The van der Waals surface area contributed by atoms with Crippen molar-refractivity contribution in [2.24, 2.45) is 5.92 Å². The van der Waals surface area contributed by atoms with Gasteiger partial charge in [-0.05, 0) is 25.3 Å². The standard InChI is InChI=1S/C18H20O2.C10H12O2/c1-14(2)13-20-18(16-11-7-4-8-12-16)17(19)15-9-5-3-6-10-15;1-10(2,12)9(11)8-6-4-3-5-7-8/h3-12,14,18H,13H2,1-2H3;3-7,12H,1-2H3. The molecule has 0 bridgehead atoms. The molecule has 1 unspecified atom stereocenters. The van der Waals surface area contributed by atoms with Crippen LogP contribution in [0.5, 0.6) is 0 Å². The fourth-order valence-electron chi connectivity index (χ4n) is 2.94. The van der Waals surface area contributed by atoms with Crippen molar-refractivity contribution in [1.82, 2.24) is 0 Å². The molecule has 0 aliphatic carbocycles. The Morgan fingerprint density at radius 1 is 0.781 bits per heavy atom. The van der Waals surface area contributed by atoms with Crippen LogP contribution in [-0.2, 0) is 4.74 Å². The van der Waals surface area contributed by atoms with Crippen molar-refractivity contribution in [2.75, 3.05) is 6.61 Å². The van der Waals surface area contributed by atoms with Crippen molar-refractivity contribution in [2.45, 2.75) is 39.4 Å². The second kappa shape index (κ2) is 12.1. The highest BCUT2D eigenvalue weighted by Crippen LogP contribution is 2.23. The van der Waals surface area contributed by atoms with Crippen molar-refractivity contribution < 1.29 is 19.4 Å². The van der Waals surface area contributed by atoms with Crippen LogP contribution in [0, 0.1) is 5.92 Å². The van der Waals surface area contributed by atoms with Crippen LogP contribution in [0.15, 0.2) is 91.0 Å². The Balaban J connectivity index is 0.000000258. The van der Waals surface area contributed by atoms with E-state index in [1.807, 2.05) is 66.7 Å². The number of carbonyl (C=O) groups excluding carboxylic acids is 2. The van der Waals surface area contributed by atoms with Crippen LogP contribution in [0.4, 0.5) is 0 Å². The van der Waals surface area contributed by atoms with Gasteiger partial charge in [0.05, 0.1) is 6.61 Å². The highest BCUT2D eigenvalue weighted by atomic mass is 16.5. The lowest BCUT2D eigenvalue weighted by atomic mass is 9.97. The molecule has 3 aromatic carbocycles. The van der Waals surface area contributed by atoms with Gasteiger partial charge in [0.15, 0.2) is 11.6 Å². The molecule has 0 aromatic heterocycles. The Morgan fingerprint density at radius 3 is 1.66 bits per heavy atom. The number of carbonyl (C=O) groups is 2. The third-order valence-electron chi connectivity index (χ3n) is 4.59. The first-order valence-electron chi connectivity index (χ1n) is 10.8. The van der Waals surface area contributed by atoms with Crippen LogP contribution in [0.2, 0.25) is 0 Å². The minimum absolute atomic E-state index is 0.0115. The number of rotatable bonds is 8. The molecule has 3 rings (SSSR count). The number of ketones is 2. The molecular formula is C28H32O4. The molecule has 0 spiro atoms. The van der Waals surface area contributed by atoms with Crippen LogP contribution in [0.3, 0.4) is 0 Å². The van der Waals surface area contributed by atoms with Crippen LogP contribution in [-0.4, -0.2) is 28.9 Å². The van der Waals surface area contributed by atoms with Gasteiger partial charge in [0.25, 0.3) is 0 Å². The van der Waals surface area contributed by atoms with Crippen molar-refractivity contribution >= 4 is 11.6 Å². The Bertz CT molecular complexity index is 959. The summed E-state index contributed by atoms with van der Waals surface area (Å²) in [6.07, 6.45) is -0.527. The first-order chi connectivity index (χ1) is 15.2. The topological polar surface area (TPSA) is 63.6 Å². The van der Waals surface area contributed by atoms with E-state index in [1.165, 1.54) is 13.8 Å². The molecule has 0 aliphatic rings. The maximum Gasteiger partial charge on any atom is 0.196 e. The van der Waals surface area contributed by atoms with Gasteiger partial charge in [-0.1, -0.05) is 105 Å². The van der Waals surface area contributed by atoms with E-state index >= 15 is 0 Å². The largest absolute Gasteiger partial charge is 0.382 e. The molecule has 0 amide bonds. The Kier molecular flexibility index (Phi) is 9.51. The molecular weight excluding hydrogens is 400 g/mol. The molecule has 1 atom stereocenters. The van der Waals surface area contributed by atoms with Crippen LogP contribution < -0.4 is 0 Å². The number of hydrogen-bond acceptors (Lipinski definition) is 4. The summed E-state index contributed by atoms with van der Waals surface area (Å²) >= 11 is 0. The van der Waals surface area contributed by atoms with Crippen LogP contribution in [0.25, 0.3) is 0 Å². The van der Waals surface area contributed by atoms with E-state index < -0.39 is 11.7 Å². The van der Waals surface area contributed by atoms with Crippen molar-refractivity contribution in [3.05, 3.63) is 108 Å². The number of benzene rings is 3. The van der Waals surface area contributed by atoms with E-state index in [0.717, 1.165) is 5.56 Å². The van der Waals surface area contributed by atoms with Crippen molar-refractivity contribution in [3.63, 3.8) is 0 Å². The van der Waals surface area contributed by atoms with E-state index in [9.17, 15) is 14.7 Å². The van der Waals surface area contributed by atoms with Gasteiger partial charge in [0.2, 0.25) is 0 Å². The average molecular weight is 433 g/mol. The average Bonchev–Trinajstić information content (AvgIpc) is 2.80. The molecule has 0 radical (unpaired) electrons. The summed E-state index contributed by atoms with van der Waals surface area (Å²) < 4.78 is 5.86. The quantitative estimate of drug-likeness (QED) is 0.449.